The van der Waals surface area contributed by atoms with Crippen molar-refractivity contribution in [3.05, 3.63) is 69.5 Å². The van der Waals surface area contributed by atoms with Crippen LogP contribution in [0.5, 0.6) is 5.75 Å². The molecule has 1 atom stereocenters. The predicted octanol–water partition coefficient (Wildman–Crippen LogP) is 4.21. The Hall–Kier alpha value is -2.73. The number of benzene rings is 2. The summed E-state index contributed by atoms with van der Waals surface area (Å²) in [4.78, 5) is 24.5. The molecule has 0 amide bonds. The van der Waals surface area contributed by atoms with Crippen molar-refractivity contribution in [2.24, 2.45) is 0 Å². The van der Waals surface area contributed by atoms with Crippen LogP contribution in [0.25, 0.3) is 10.8 Å². The smallest absolute Gasteiger partial charge is 0.327 e. The second kappa shape index (κ2) is 6.95. The number of aromatic nitrogens is 1. The zero-order valence-electron chi connectivity index (χ0n) is 16.1. The molecule has 1 unspecified atom stereocenters. The molecule has 2 heterocycles. The standard InChI is InChI=1S/C23H21NO4S/c1-28-19-9-8-14(16-4-2-3-5-17(16)19)10-15-11-20(25)24-18(23(26)27)12-29-22(24)21(15)13-6-7-13/h2-5,8-9,11,13,18H,6-7,10,12H2,1H3,(H,26,27). The van der Waals surface area contributed by atoms with Gasteiger partial charge in [-0.25, -0.2) is 4.79 Å². The Morgan fingerprint density at radius 3 is 2.62 bits per heavy atom. The lowest BCUT2D eigenvalue weighted by molar-refractivity contribution is -0.140. The van der Waals surface area contributed by atoms with Gasteiger partial charge in [0.15, 0.2) is 0 Å². The molecule has 1 saturated carbocycles. The largest absolute Gasteiger partial charge is 0.496 e. The van der Waals surface area contributed by atoms with E-state index in [2.05, 4.69) is 12.1 Å². The van der Waals surface area contributed by atoms with Gasteiger partial charge < -0.3 is 9.84 Å². The molecule has 5 rings (SSSR count). The van der Waals surface area contributed by atoms with Crippen LogP contribution in [0.15, 0.2) is 52.3 Å². The van der Waals surface area contributed by atoms with Gasteiger partial charge >= 0.3 is 5.97 Å². The fourth-order valence-corrected chi connectivity index (χ4v) is 5.76. The van der Waals surface area contributed by atoms with E-state index in [-0.39, 0.29) is 5.56 Å². The fraction of sp³-hybridized carbons (Fsp3) is 0.304. The number of fused-ring (bicyclic) bond motifs is 2. The van der Waals surface area contributed by atoms with Gasteiger partial charge in [0.1, 0.15) is 11.8 Å². The summed E-state index contributed by atoms with van der Waals surface area (Å²) in [5.74, 6) is 0.741. The van der Waals surface area contributed by atoms with Gasteiger partial charge in [0.2, 0.25) is 0 Å². The molecular weight excluding hydrogens is 386 g/mol. The third-order valence-electron chi connectivity index (χ3n) is 5.87. The summed E-state index contributed by atoms with van der Waals surface area (Å²) in [6, 6.07) is 13.1. The van der Waals surface area contributed by atoms with E-state index in [0.717, 1.165) is 45.5 Å². The molecule has 0 spiro atoms. The Morgan fingerprint density at radius 2 is 1.93 bits per heavy atom. The Labute approximate surface area is 172 Å². The lowest BCUT2D eigenvalue weighted by Crippen LogP contribution is -2.29. The predicted molar refractivity (Wildman–Crippen MR) is 113 cm³/mol. The summed E-state index contributed by atoms with van der Waals surface area (Å²) in [6.45, 7) is 0. The fourth-order valence-electron chi connectivity index (χ4n) is 4.35. The molecule has 1 aliphatic carbocycles. The Bertz CT molecular complexity index is 1200. The van der Waals surface area contributed by atoms with Crippen LogP contribution in [-0.2, 0) is 11.2 Å². The molecule has 0 bridgehead atoms. The highest BCUT2D eigenvalue weighted by atomic mass is 32.2. The first-order chi connectivity index (χ1) is 14.1. The first-order valence-electron chi connectivity index (χ1n) is 9.77. The van der Waals surface area contributed by atoms with Crippen LogP contribution in [0.3, 0.4) is 0 Å². The van der Waals surface area contributed by atoms with Gasteiger partial charge in [0.05, 0.1) is 12.1 Å². The molecule has 2 aromatic carbocycles. The third-order valence-corrected chi connectivity index (χ3v) is 7.04. The molecule has 1 fully saturated rings. The Kier molecular flexibility index (Phi) is 4.39. The molecule has 1 N–H and O–H groups in total. The average molecular weight is 407 g/mol. The van der Waals surface area contributed by atoms with Crippen molar-refractivity contribution in [3.63, 3.8) is 0 Å². The second-order valence-electron chi connectivity index (χ2n) is 7.69. The lowest BCUT2D eigenvalue weighted by Gasteiger charge is -2.17. The van der Waals surface area contributed by atoms with Gasteiger partial charge in [-0.2, -0.15) is 0 Å². The minimum atomic E-state index is -0.936. The molecule has 5 nitrogen and oxygen atoms in total. The molecule has 148 valence electrons. The van der Waals surface area contributed by atoms with Crippen LogP contribution in [0.1, 0.15) is 41.5 Å². The van der Waals surface area contributed by atoms with Gasteiger partial charge in [0.25, 0.3) is 5.56 Å². The van der Waals surface area contributed by atoms with E-state index < -0.39 is 12.0 Å². The second-order valence-corrected chi connectivity index (χ2v) is 8.69. The average Bonchev–Trinajstić information content (AvgIpc) is 3.45. The monoisotopic (exact) mass is 407 g/mol. The van der Waals surface area contributed by atoms with Gasteiger partial charge in [-0.05, 0) is 53.3 Å². The number of methoxy groups -OCH3 is 1. The maximum absolute atomic E-state index is 12.9. The topological polar surface area (TPSA) is 68.5 Å². The summed E-state index contributed by atoms with van der Waals surface area (Å²) in [5, 5.41) is 12.5. The van der Waals surface area contributed by atoms with Crippen molar-refractivity contribution in [2.75, 3.05) is 12.9 Å². The molecule has 2 aliphatic rings. The van der Waals surface area contributed by atoms with E-state index in [1.165, 1.54) is 21.9 Å². The minimum Gasteiger partial charge on any atom is -0.496 e. The number of carboxylic acid groups (broad SMARTS) is 1. The maximum atomic E-state index is 12.9. The molecule has 3 aromatic rings. The highest BCUT2D eigenvalue weighted by Crippen LogP contribution is 2.48. The number of rotatable bonds is 5. The Balaban J connectivity index is 1.65. The molecular formula is C23H21NO4S. The van der Waals surface area contributed by atoms with Crippen molar-refractivity contribution in [3.8, 4) is 5.75 Å². The number of thioether (sulfide) groups is 1. The zero-order chi connectivity index (χ0) is 20.1. The van der Waals surface area contributed by atoms with Crippen LogP contribution in [-0.4, -0.2) is 28.5 Å². The number of nitrogens with zero attached hydrogens (tertiary/aromatic N) is 1. The normalized spacial score (nSPS) is 18.0. The first kappa shape index (κ1) is 18.3. The van der Waals surface area contributed by atoms with E-state index in [0.29, 0.717) is 18.1 Å². The van der Waals surface area contributed by atoms with Crippen LogP contribution < -0.4 is 10.3 Å². The zero-order valence-corrected chi connectivity index (χ0v) is 16.9. The highest BCUT2D eigenvalue weighted by Gasteiger charge is 2.37. The number of pyridine rings is 1. The molecule has 1 aliphatic heterocycles. The van der Waals surface area contributed by atoms with Crippen molar-refractivity contribution >= 4 is 28.5 Å². The van der Waals surface area contributed by atoms with E-state index >= 15 is 0 Å². The SMILES string of the molecule is COc1ccc(Cc2cc(=O)n3c(c2C2CC2)SCC3C(=O)O)c2ccccc12. The summed E-state index contributed by atoms with van der Waals surface area (Å²) >= 11 is 1.51. The quantitative estimate of drug-likeness (QED) is 0.686. The van der Waals surface area contributed by atoms with Crippen molar-refractivity contribution in [1.29, 1.82) is 0 Å². The third kappa shape index (κ3) is 3.02. The molecule has 0 saturated heterocycles. The molecule has 1 aromatic heterocycles. The number of hydrogen-bond donors (Lipinski definition) is 1. The van der Waals surface area contributed by atoms with E-state index in [9.17, 15) is 14.7 Å². The first-order valence-corrected chi connectivity index (χ1v) is 10.8. The summed E-state index contributed by atoms with van der Waals surface area (Å²) in [6.07, 6.45) is 2.84. The van der Waals surface area contributed by atoms with Crippen LogP contribution >= 0.6 is 11.8 Å². The van der Waals surface area contributed by atoms with Crippen molar-refractivity contribution < 1.29 is 14.6 Å². The van der Waals surface area contributed by atoms with Gasteiger partial charge in [-0.15, -0.1) is 11.8 Å². The molecule has 29 heavy (non-hydrogen) atoms. The van der Waals surface area contributed by atoms with E-state index in [1.54, 1.807) is 13.2 Å². The van der Waals surface area contributed by atoms with Gasteiger partial charge in [-0.3, -0.25) is 9.36 Å². The number of carbonyl (C=O) groups is 1. The van der Waals surface area contributed by atoms with Crippen molar-refractivity contribution in [2.45, 2.75) is 36.2 Å². The van der Waals surface area contributed by atoms with Crippen LogP contribution in [0, 0.1) is 0 Å². The van der Waals surface area contributed by atoms with Crippen molar-refractivity contribution in [1.82, 2.24) is 4.57 Å². The minimum absolute atomic E-state index is 0.213. The van der Waals surface area contributed by atoms with Gasteiger partial charge in [-0.1, -0.05) is 30.3 Å². The van der Waals surface area contributed by atoms with Crippen LogP contribution in [0.4, 0.5) is 0 Å². The van der Waals surface area contributed by atoms with Gasteiger partial charge in [0, 0.05) is 17.2 Å². The maximum Gasteiger partial charge on any atom is 0.327 e. The van der Waals surface area contributed by atoms with E-state index in [4.69, 9.17) is 4.74 Å². The summed E-state index contributed by atoms with van der Waals surface area (Å²) < 4.78 is 7.00. The number of carboxylic acids is 1. The lowest BCUT2D eigenvalue weighted by atomic mass is 9.94. The van der Waals surface area contributed by atoms with Crippen LogP contribution in [0.2, 0.25) is 0 Å². The Morgan fingerprint density at radius 1 is 1.17 bits per heavy atom. The molecule has 6 heteroatoms. The number of ether oxygens (including phenoxy) is 1. The number of hydrogen-bond acceptors (Lipinski definition) is 4. The molecule has 0 radical (unpaired) electrons. The van der Waals surface area contributed by atoms with E-state index in [1.807, 2.05) is 24.3 Å². The number of aliphatic carboxylic acids is 1. The summed E-state index contributed by atoms with van der Waals surface area (Å²) in [5.41, 5.74) is 3.14. The summed E-state index contributed by atoms with van der Waals surface area (Å²) in [7, 11) is 1.67. The highest BCUT2D eigenvalue weighted by molar-refractivity contribution is 7.99.